The molecule has 0 spiro atoms. The van der Waals surface area contributed by atoms with Crippen molar-refractivity contribution in [1.29, 1.82) is 0 Å². The molecule has 0 aromatic carbocycles. The molecule has 0 aliphatic carbocycles. The van der Waals surface area contributed by atoms with Crippen molar-refractivity contribution in [2.24, 2.45) is 5.92 Å². The molecule has 14 heavy (non-hydrogen) atoms. The Morgan fingerprint density at radius 2 is 2.21 bits per heavy atom. The fourth-order valence-electron chi connectivity index (χ4n) is 1.07. The lowest BCUT2D eigenvalue weighted by atomic mass is 10.2. The van der Waals surface area contributed by atoms with Gasteiger partial charge in [0.15, 0.2) is 5.76 Å². The van der Waals surface area contributed by atoms with Crippen molar-refractivity contribution >= 4 is 5.91 Å². The predicted molar refractivity (Wildman–Crippen MR) is 55.3 cm³/mol. The highest BCUT2D eigenvalue weighted by molar-refractivity contribution is 5.91. The molecule has 3 heteroatoms. The van der Waals surface area contributed by atoms with Gasteiger partial charge in [-0.3, -0.25) is 4.79 Å². The van der Waals surface area contributed by atoms with E-state index in [4.69, 9.17) is 4.42 Å². The van der Waals surface area contributed by atoms with Crippen LogP contribution >= 0.6 is 0 Å². The van der Waals surface area contributed by atoms with E-state index in [0.29, 0.717) is 18.2 Å². The van der Waals surface area contributed by atoms with E-state index in [1.165, 1.54) is 0 Å². The van der Waals surface area contributed by atoms with Crippen molar-refractivity contribution in [3.63, 3.8) is 0 Å². The van der Waals surface area contributed by atoms with Crippen LogP contribution < -0.4 is 5.32 Å². The number of hydrogen-bond donors (Lipinski definition) is 1. The van der Waals surface area contributed by atoms with E-state index in [1.54, 1.807) is 6.07 Å². The molecular weight excluding hydrogens is 178 g/mol. The molecule has 1 amide bonds. The van der Waals surface area contributed by atoms with Crippen LogP contribution in [0.1, 0.15) is 37.1 Å². The van der Waals surface area contributed by atoms with Gasteiger partial charge in [0.2, 0.25) is 0 Å². The van der Waals surface area contributed by atoms with Crippen molar-refractivity contribution < 1.29 is 9.21 Å². The Kier molecular flexibility index (Phi) is 3.74. The number of rotatable bonds is 4. The van der Waals surface area contributed by atoms with Crippen LogP contribution in [0.3, 0.4) is 0 Å². The molecule has 0 atom stereocenters. The lowest BCUT2D eigenvalue weighted by Crippen LogP contribution is -2.26. The molecule has 0 aliphatic rings. The highest BCUT2D eigenvalue weighted by Gasteiger charge is 2.09. The van der Waals surface area contributed by atoms with E-state index < -0.39 is 0 Å². The van der Waals surface area contributed by atoms with Crippen molar-refractivity contribution in [2.75, 3.05) is 6.54 Å². The summed E-state index contributed by atoms with van der Waals surface area (Å²) in [6.45, 7) is 6.79. The minimum atomic E-state index is -0.126. The topological polar surface area (TPSA) is 42.2 Å². The second kappa shape index (κ2) is 4.84. The summed E-state index contributed by atoms with van der Waals surface area (Å²) < 4.78 is 5.31. The summed E-state index contributed by atoms with van der Waals surface area (Å²) in [6, 6.07) is 3.55. The Hall–Kier alpha value is -1.25. The van der Waals surface area contributed by atoms with Crippen molar-refractivity contribution in [3.8, 4) is 0 Å². The third-order valence-electron chi connectivity index (χ3n) is 1.90. The first-order chi connectivity index (χ1) is 6.63. The number of carbonyl (C=O) groups is 1. The Labute approximate surface area is 84.5 Å². The third-order valence-corrected chi connectivity index (χ3v) is 1.90. The van der Waals surface area contributed by atoms with E-state index in [0.717, 1.165) is 12.2 Å². The monoisotopic (exact) mass is 195 g/mol. The maximum atomic E-state index is 11.5. The van der Waals surface area contributed by atoms with E-state index in [9.17, 15) is 4.79 Å². The van der Waals surface area contributed by atoms with E-state index >= 15 is 0 Å². The molecule has 1 rings (SSSR count). The third kappa shape index (κ3) is 2.91. The average molecular weight is 195 g/mol. The Balaban J connectivity index is 2.52. The number of carbonyl (C=O) groups excluding carboxylic acids is 1. The van der Waals surface area contributed by atoms with Crippen LogP contribution in [0.5, 0.6) is 0 Å². The van der Waals surface area contributed by atoms with Crippen LogP contribution in [-0.2, 0) is 6.42 Å². The van der Waals surface area contributed by atoms with Crippen molar-refractivity contribution in [3.05, 3.63) is 23.7 Å². The second-order valence-corrected chi connectivity index (χ2v) is 3.72. The quantitative estimate of drug-likeness (QED) is 0.800. The maximum Gasteiger partial charge on any atom is 0.287 e. The number of aryl methyl sites for hydroxylation is 1. The van der Waals surface area contributed by atoms with Crippen LogP contribution in [0.4, 0.5) is 0 Å². The Morgan fingerprint density at radius 3 is 2.71 bits per heavy atom. The first-order valence-electron chi connectivity index (χ1n) is 5.00. The van der Waals surface area contributed by atoms with Gasteiger partial charge < -0.3 is 9.73 Å². The highest BCUT2D eigenvalue weighted by atomic mass is 16.3. The summed E-state index contributed by atoms with van der Waals surface area (Å²) in [5.41, 5.74) is 0. The lowest BCUT2D eigenvalue weighted by Gasteiger charge is -2.05. The van der Waals surface area contributed by atoms with Gasteiger partial charge in [-0.05, 0) is 18.1 Å². The SMILES string of the molecule is CCc1ccc(C(=O)NCC(C)C)o1. The van der Waals surface area contributed by atoms with Crippen LogP contribution in [0, 0.1) is 5.92 Å². The van der Waals surface area contributed by atoms with Crippen LogP contribution in [0.2, 0.25) is 0 Å². The molecule has 1 N–H and O–H groups in total. The summed E-state index contributed by atoms with van der Waals surface area (Å²) >= 11 is 0. The van der Waals surface area contributed by atoms with Gasteiger partial charge in [0, 0.05) is 13.0 Å². The molecule has 3 nitrogen and oxygen atoms in total. The van der Waals surface area contributed by atoms with E-state index in [-0.39, 0.29) is 5.91 Å². The highest BCUT2D eigenvalue weighted by Crippen LogP contribution is 2.08. The normalized spacial score (nSPS) is 10.6. The van der Waals surface area contributed by atoms with Gasteiger partial charge in [-0.1, -0.05) is 20.8 Å². The van der Waals surface area contributed by atoms with Gasteiger partial charge in [-0.15, -0.1) is 0 Å². The molecule has 1 aromatic rings. The van der Waals surface area contributed by atoms with Crippen molar-refractivity contribution in [1.82, 2.24) is 5.32 Å². The number of furan rings is 1. The smallest absolute Gasteiger partial charge is 0.287 e. The number of hydrogen-bond acceptors (Lipinski definition) is 2. The molecule has 78 valence electrons. The van der Waals surface area contributed by atoms with Gasteiger partial charge >= 0.3 is 0 Å². The Morgan fingerprint density at radius 1 is 1.50 bits per heavy atom. The summed E-state index contributed by atoms with van der Waals surface area (Å²) in [6.07, 6.45) is 0.817. The zero-order valence-electron chi connectivity index (χ0n) is 8.96. The molecule has 0 unspecified atom stereocenters. The molecule has 0 fully saturated rings. The Bertz CT molecular complexity index is 302. The minimum Gasteiger partial charge on any atom is -0.456 e. The summed E-state index contributed by atoms with van der Waals surface area (Å²) in [5, 5.41) is 2.80. The van der Waals surface area contributed by atoms with Gasteiger partial charge in [0.25, 0.3) is 5.91 Å². The molecule has 0 saturated heterocycles. The zero-order valence-corrected chi connectivity index (χ0v) is 8.96. The molecule has 0 bridgehead atoms. The van der Waals surface area contributed by atoms with Gasteiger partial charge in [0.05, 0.1) is 0 Å². The van der Waals surface area contributed by atoms with Gasteiger partial charge in [-0.2, -0.15) is 0 Å². The molecule has 0 saturated carbocycles. The molecular formula is C11H17NO2. The van der Waals surface area contributed by atoms with Crippen molar-refractivity contribution in [2.45, 2.75) is 27.2 Å². The predicted octanol–water partition coefficient (Wildman–Crippen LogP) is 2.23. The number of amides is 1. The van der Waals surface area contributed by atoms with Crippen LogP contribution in [0.15, 0.2) is 16.5 Å². The molecule has 0 radical (unpaired) electrons. The number of nitrogens with one attached hydrogen (secondary N) is 1. The molecule has 1 heterocycles. The van der Waals surface area contributed by atoms with E-state index in [2.05, 4.69) is 19.2 Å². The standard InChI is InChI=1S/C11H17NO2/c1-4-9-5-6-10(14-9)11(13)12-7-8(2)3/h5-6,8H,4,7H2,1-3H3,(H,12,13). The molecule has 0 aliphatic heterocycles. The summed E-state index contributed by atoms with van der Waals surface area (Å²) in [5.74, 6) is 1.58. The van der Waals surface area contributed by atoms with E-state index in [1.807, 2.05) is 13.0 Å². The van der Waals surface area contributed by atoms with Crippen LogP contribution in [0.25, 0.3) is 0 Å². The first-order valence-corrected chi connectivity index (χ1v) is 5.00. The molecule has 1 aromatic heterocycles. The fraction of sp³-hybridized carbons (Fsp3) is 0.545. The minimum absolute atomic E-state index is 0.126. The second-order valence-electron chi connectivity index (χ2n) is 3.72. The summed E-state index contributed by atoms with van der Waals surface area (Å²) in [4.78, 5) is 11.5. The van der Waals surface area contributed by atoms with Gasteiger partial charge in [0.1, 0.15) is 5.76 Å². The largest absolute Gasteiger partial charge is 0.456 e. The first kappa shape index (κ1) is 10.8. The maximum absolute atomic E-state index is 11.5. The fourth-order valence-corrected chi connectivity index (χ4v) is 1.07. The zero-order chi connectivity index (χ0) is 10.6. The average Bonchev–Trinajstić information content (AvgIpc) is 2.62. The van der Waals surface area contributed by atoms with Crippen LogP contribution in [-0.4, -0.2) is 12.5 Å². The summed E-state index contributed by atoms with van der Waals surface area (Å²) in [7, 11) is 0. The lowest BCUT2D eigenvalue weighted by molar-refractivity contribution is 0.0919. The van der Waals surface area contributed by atoms with Gasteiger partial charge in [-0.25, -0.2) is 0 Å².